The van der Waals surface area contributed by atoms with Gasteiger partial charge in [0.05, 0.1) is 10.4 Å². The molecule has 1 fully saturated rings. The Balaban J connectivity index is 2.16. The first-order valence-corrected chi connectivity index (χ1v) is 6.55. The van der Waals surface area contributed by atoms with Crippen LogP contribution in [0.25, 0.3) is 0 Å². The Kier molecular flexibility index (Phi) is 3.39. The van der Waals surface area contributed by atoms with Crippen molar-refractivity contribution in [2.75, 3.05) is 5.32 Å². The third-order valence-electron chi connectivity index (χ3n) is 3.88. The second-order valence-electron chi connectivity index (χ2n) is 5.05. The standard InChI is InChI=1S/C14H18N2OS/c1-9-4-5-11(8-10(9)2)16-13(17)14(12(15)18)6-3-7-14/h4-5,8H,3,6-7H2,1-2H3,(H2,15,18)(H,16,17). The summed E-state index contributed by atoms with van der Waals surface area (Å²) in [4.78, 5) is 12.6. The molecule has 1 aliphatic rings. The zero-order valence-corrected chi connectivity index (χ0v) is 11.6. The van der Waals surface area contributed by atoms with Gasteiger partial charge in [-0.15, -0.1) is 0 Å². The fraction of sp³-hybridized carbons (Fsp3) is 0.429. The summed E-state index contributed by atoms with van der Waals surface area (Å²) in [6.45, 7) is 4.07. The topological polar surface area (TPSA) is 55.1 Å². The van der Waals surface area contributed by atoms with E-state index < -0.39 is 5.41 Å². The van der Waals surface area contributed by atoms with Crippen LogP contribution in [-0.4, -0.2) is 10.9 Å². The molecule has 3 nitrogen and oxygen atoms in total. The number of nitrogens with two attached hydrogens (primary N) is 1. The normalized spacial score (nSPS) is 16.8. The van der Waals surface area contributed by atoms with Crippen molar-refractivity contribution in [3.63, 3.8) is 0 Å². The lowest BCUT2D eigenvalue weighted by atomic mass is 9.68. The number of benzene rings is 1. The molecule has 1 aromatic rings. The lowest BCUT2D eigenvalue weighted by molar-refractivity contribution is -0.125. The summed E-state index contributed by atoms with van der Waals surface area (Å²) in [7, 11) is 0. The molecule has 4 heteroatoms. The van der Waals surface area contributed by atoms with Crippen LogP contribution < -0.4 is 11.1 Å². The molecule has 0 spiro atoms. The highest BCUT2D eigenvalue weighted by molar-refractivity contribution is 7.80. The minimum atomic E-state index is -0.617. The summed E-state index contributed by atoms with van der Waals surface area (Å²) >= 11 is 5.04. The first-order valence-electron chi connectivity index (χ1n) is 6.14. The minimum absolute atomic E-state index is 0.0653. The molecule has 2 rings (SSSR count). The van der Waals surface area contributed by atoms with Crippen molar-refractivity contribution in [2.24, 2.45) is 11.1 Å². The van der Waals surface area contributed by atoms with E-state index in [-0.39, 0.29) is 5.91 Å². The Bertz CT molecular complexity index is 507. The molecule has 3 N–H and O–H groups in total. The molecule has 0 saturated heterocycles. The number of rotatable bonds is 3. The molecule has 0 bridgehead atoms. The van der Waals surface area contributed by atoms with Gasteiger partial charge < -0.3 is 11.1 Å². The van der Waals surface area contributed by atoms with Gasteiger partial charge in [0.25, 0.3) is 0 Å². The number of carbonyl (C=O) groups is 1. The van der Waals surface area contributed by atoms with Gasteiger partial charge >= 0.3 is 0 Å². The van der Waals surface area contributed by atoms with E-state index >= 15 is 0 Å². The highest BCUT2D eigenvalue weighted by Crippen LogP contribution is 2.42. The largest absolute Gasteiger partial charge is 0.392 e. The van der Waals surface area contributed by atoms with Crippen LogP contribution in [0.2, 0.25) is 0 Å². The average molecular weight is 262 g/mol. The fourth-order valence-corrected chi connectivity index (χ4v) is 2.48. The number of aryl methyl sites for hydroxylation is 2. The Morgan fingerprint density at radius 3 is 2.44 bits per heavy atom. The van der Waals surface area contributed by atoms with Crippen LogP contribution in [0, 0.1) is 19.3 Å². The maximum atomic E-state index is 12.3. The number of anilines is 1. The number of amides is 1. The maximum absolute atomic E-state index is 12.3. The van der Waals surface area contributed by atoms with Gasteiger partial charge in [-0.1, -0.05) is 24.7 Å². The second-order valence-corrected chi connectivity index (χ2v) is 5.49. The first kappa shape index (κ1) is 13.0. The van der Waals surface area contributed by atoms with Gasteiger partial charge in [-0.25, -0.2) is 0 Å². The molecule has 1 saturated carbocycles. The van der Waals surface area contributed by atoms with Crippen LogP contribution in [0.1, 0.15) is 30.4 Å². The lowest BCUT2D eigenvalue weighted by Crippen LogP contribution is -2.50. The van der Waals surface area contributed by atoms with Gasteiger partial charge in [-0.05, 0) is 49.9 Å². The van der Waals surface area contributed by atoms with E-state index in [9.17, 15) is 4.79 Å². The van der Waals surface area contributed by atoms with Crippen LogP contribution >= 0.6 is 12.2 Å². The lowest BCUT2D eigenvalue weighted by Gasteiger charge is -2.39. The molecule has 0 radical (unpaired) electrons. The predicted molar refractivity (Wildman–Crippen MR) is 77.6 cm³/mol. The Labute approximate surface area is 113 Å². The van der Waals surface area contributed by atoms with Crippen molar-refractivity contribution in [3.8, 4) is 0 Å². The van der Waals surface area contributed by atoms with Crippen LogP contribution in [0.5, 0.6) is 0 Å². The molecule has 1 aromatic carbocycles. The Hall–Kier alpha value is -1.42. The first-order chi connectivity index (χ1) is 8.45. The van der Waals surface area contributed by atoms with Crippen molar-refractivity contribution in [1.29, 1.82) is 0 Å². The molecule has 96 valence electrons. The van der Waals surface area contributed by atoms with Crippen molar-refractivity contribution >= 4 is 28.8 Å². The van der Waals surface area contributed by atoms with Gasteiger partial charge in [-0.2, -0.15) is 0 Å². The van der Waals surface area contributed by atoms with E-state index in [4.69, 9.17) is 18.0 Å². The van der Waals surface area contributed by atoms with Gasteiger partial charge in [-0.3, -0.25) is 4.79 Å². The van der Waals surface area contributed by atoms with Crippen LogP contribution in [0.4, 0.5) is 5.69 Å². The number of hydrogen-bond acceptors (Lipinski definition) is 2. The van der Waals surface area contributed by atoms with Crippen LogP contribution in [-0.2, 0) is 4.79 Å². The highest BCUT2D eigenvalue weighted by atomic mass is 32.1. The van der Waals surface area contributed by atoms with E-state index in [1.54, 1.807) is 0 Å². The third-order valence-corrected chi connectivity index (χ3v) is 4.27. The zero-order chi connectivity index (χ0) is 13.3. The van der Waals surface area contributed by atoms with Crippen molar-refractivity contribution < 1.29 is 4.79 Å². The third kappa shape index (κ3) is 2.12. The summed E-state index contributed by atoms with van der Waals surface area (Å²) in [5.74, 6) is -0.0653. The van der Waals surface area contributed by atoms with Gasteiger partial charge in [0.2, 0.25) is 5.91 Å². The zero-order valence-electron chi connectivity index (χ0n) is 10.7. The summed E-state index contributed by atoms with van der Waals surface area (Å²) < 4.78 is 0. The number of carbonyl (C=O) groups excluding carboxylic acids is 1. The van der Waals surface area contributed by atoms with E-state index in [0.717, 1.165) is 30.5 Å². The van der Waals surface area contributed by atoms with Gasteiger partial charge in [0.15, 0.2) is 0 Å². The number of nitrogens with one attached hydrogen (secondary N) is 1. The Morgan fingerprint density at radius 1 is 1.33 bits per heavy atom. The second kappa shape index (κ2) is 4.69. The monoisotopic (exact) mass is 262 g/mol. The Morgan fingerprint density at radius 2 is 2.00 bits per heavy atom. The molecule has 0 aliphatic heterocycles. The molecular weight excluding hydrogens is 244 g/mol. The van der Waals surface area contributed by atoms with Crippen LogP contribution in [0.15, 0.2) is 18.2 Å². The van der Waals surface area contributed by atoms with Crippen molar-refractivity contribution in [3.05, 3.63) is 29.3 Å². The summed E-state index contributed by atoms with van der Waals surface area (Å²) in [5.41, 5.74) is 8.27. The quantitative estimate of drug-likeness (QED) is 0.823. The average Bonchev–Trinajstić information content (AvgIpc) is 2.21. The smallest absolute Gasteiger partial charge is 0.237 e. The summed E-state index contributed by atoms with van der Waals surface area (Å²) in [6.07, 6.45) is 2.54. The molecule has 18 heavy (non-hydrogen) atoms. The molecule has 0 unspecified atom stereocenters. The summed E-state index contributed by atoms with van der Waals surface area (Å²) in [6, 6.07) is 5.88. The van der Waals surface area contributed by atoms with Crippen molar-refractivity contribution in [1.82, 2.24) is 0 Å². The van der Waals surface area contributed by atoms with Gasteiger partial charge in [0.1, 0.15) is 0 Å². The highest BCUT2D eigenvalue weighted by Gasteiger charge is 2.46. The van der Waals surface area contributed by atoms with Gasteiger partial charge in [0, 0.05) is 5.69 Å². The van der Waals surface area contributed by atoms with E-state index in [1.807, 2.05) is 32.0 Å². The summed E-state index contributed by atoms with van der Waals surface area (Å²) in [5, 5.41) is 2.93. The minimum Gasteiger partial charge on any atom is -0.392 e. The van der Waals surface area contributed by atoms with Crippen molar-refractivity contribution in [2.45, 2.75) is 33.1 Å². The number of thiocarbonyl (C=S) groups is 1. The molecular formula is C14H18N2OS. The van der Waals surface area contributed by atoms with E-state index in [0.29, 0.717) is 4.99 Å². The predicted octanol–water partition coefficient (Wildman–Crippen LogP) is 2.70. The SMILES string of the molecule is Cc1ccc(NC(=O)C2(C(N)=S)CCC2)cc1C. The molecule has 1 aliphatic carbocycles. The molecule has 0 aromatic heterocycles. The van der Waals surface area contributed by atoms with E-state index in [2.05, 4.69) is 5.32 Å². The molecule has 0 atom stereocenters. The number of hydrogen-bond donors (Lipinski definition) is 2. The maximum Gasteiger partial charge on any atom is 0.237 e. The van der Waals surface area contributed by atoms with E-state index in [1.165, 1.54) is 5.56 Å². The van der Waals surface area contributed by atoms with Crippen LogP contribution in [0.3, 0.4) is 0 Å². The fourth-order valence-electron chi connectivity index (χ4n) is 2.19. The molecule has 0 heterocycles. The molecule has 1 amide bonds.